The lowest BCUT2D eigenvalue weighted by molar-refractivity contribution is 0.0932. The van der Waals surface area contributed by atoms with E-state index in [1.807, 2.05) is 12.1 Å². The molecule has 6 heteroatoms. The first-order chi connectivity index (χ1) is 10.1. The summed E-state index contributed by atoms with van der Waals surface area (Å²) in [5, 5.41) is 3.60. The number of aromatic nitrogens is 1. The van der Waals surface area contributed by atoms with Gasteiger partial charge in [-0.1, -0.05) is 11.3 Å². The molecule has 1 saturated heterocycles. The van der Waals surface area contributed by atoms with E-state index < -0.39 is 0 Å². The number of likely N-dealkylation sites (tertiary alicyclic amines) is 1. The third-order valence-electron chi connectivity index (χ3n) is 3.78. The van der Waals surface area contributed by atoms with E-state index in [0.29, 0.717) is 10.7 Å². The van der Waals surface area contributed by atoms with Gasteiger partial charge in [0.2, 0.25) is 0 Å². The van der Waals surface area contributed by atoms with E-state index in [0.717, 1.165) is 29.9 Å². The van der Waals surface area contributed by atoms with E-state index in [-0.39, 0.29) is 11.9 Å². The number of rotatable bonds is 4. The number of nitrogen functional groups attached to an aromatic ring is 1. The molecule has 3 rings (SSSR count). The molecule has 1 fully saturated rings. The highest BCUT2D eigenvalue weighted by Crippen LogP contribution is 2.24. The molecule has 112 valence electrons. The molecule has 0 radical (unpaired) electrons. The van der Waals surface area contributed by atoms with Gasteiger partial charge in [0.1, 0.15) is 0 Å². The van der Waals surface area contributed by atoms with Crippen LogP contribution in [0.3, 0.4) is 0 Å². The van der Waals surface area contributed by atoms with Crippen molar-refractivity contribution in [3.05, 3.63) is 23.8 Å². The lowest BCUT2D eigenvalue weighted by Crippen LogP contribution is -2.41. The van der Waals surface area contributed by atoms with Gasteiger partial charge in [0.25, 0.3) is 5.91 Å². The highest BCUT2D eigenvalue weighted by Gasteiger charge is 2.17. The van der Waals surface area contributed by atoms with Crippen molar-refractivity contribution in [1.29, 1.82) is 0 Å². The van der Waals surface area contributed by atoms with Gasteiger partial charge in [0.15, 0.2) is 5.13 Å². The predicted molar refractivity (Wildman–Crippen MR) is 86.6 cm³/mol. The highest BCUT2D eigenvalue weighted by molar-refractivity contribution is 7.22. The van der Waals surface area contributed by atoms with Crippen LogP contribution >= 0.6 is 11.3 Å². The maximum Gasteiger partial charge on any atom is 0.251 e. The van der Waals surface area contributed by atoms with Gasteiger partial charge in [-0.2, -0.15) is 0 Å². The Balaban J connectivity index is 1.65. The van der Waals surface area contributed by atoms with Gasteiger partial charge in [-0.3, -0.25) is 4.79 Å². The van der Waals surface area contributed by atoms with Crippen LogP contribution < -0.4 is 11.1 Å². The largest absolute Gasteiger partial charge is 0.375 e. The number of carbonyl (C=O) groups is 1. The molecule has 0 bridgehead atoms. The molecule has 21 heavy (non-hydrogen) atoms. The average molecular weight is 304 g/mol. The summed E-state index contributed by atoms with van der Waals surface area (Å²) in [6.07, 6.45) is 2.54. The molecular weight excluding hydrogens is 284 g/mol. The third-order valence-corrected chi connectivity index (χ3v) is 4.62. The second-order valence-electron chi connectivity index (χ2n) is 5.62. The summed E-state index contributed by atoms with van der Waals surface area (Å²) in [6.45, 7) is 5.26. The Hall–Kier alpha value is -1.66. The molecule has 0 saturated carbocycles. The Labute approximate surface area is 128 Å². The molecule has 1 atom stereocenters. The quantitative estimate of drug-likeness (QED) is 0.907. The van der Waals surface area contributed by atoms with Crippen LogP contribution in [0.2, 0.25) is 0 Å². The number of benzene rings is 1. The molecule has 1 aliphatic heterocycles. The Morgan fingerprint density at radius 2 is 2.24 bits per heavy atom. The first kappa shape index (κ1) is 14.3. The SMILES string of the molecule is CC(CN1CCCC1)NC(=O)c1ccc2nc(N)sc2c1. The van der Waals surface area contributed by atoms with E-state index in [4.69, 9.17) is 5.73 Å². The van der Waals surface area contributed by atoms with Crippen LogP contribution in [0.5, 0.6) is 0 Å². The number of nitrogens with one attached hydrogen (secondary N) is 1. The molecular formula is C15H20N4OS. The van der Waals surface area contributed by atoms with Crippen molar-refractivity contribution < 1.29 is 4.79 Å². The number of nitrogens with two attached hydrogens (primary N) is 1. The molecule has 5 nitrogen and oxygen atoms in total. The van der Waals surface area contributed by atoms with Crippen LogP contribution in [0, 0.1) is 0 Å². The van der Waals surface area contributed by atoms with Gasteiger partial charge in [0, 0.05) is 18.2 Å². The Morgan fingerprint density at radius 1 is 1.48 bits per heavy atom. The molecule has 0 spiro atoms. The highest BCUT2D eigenvalue weighted by atomic mass is 32.1. The minimum absolute atomic E-state index is 0.0319. The molecule has 1 amide bonds. The lowest BCUT2D eigenvalue weighted by atomic mass is 10.2. The van der Waals surface area contributed by atoms with Crippen molar-refractivity contribution in [2.45, 2.75) is 25.8 Å². The van der Waals surface area contributed by atoms with Crippen LogP contribution in [0.15, 0.2) is 18.2 Å². The number of anilines is 1. The van der Waals surface area contributed by atoms with Crippen molar-refractivity contribution >= 4 is 32.6 Å². The predicted octanol–water partition coefficient (Wildman–Crippen LogP) is 2.09. The van der Waals surface area contributed by atoms with E-state index in [1.54, 1.807) is 6.07 Å². The molecule has 1 aromatic carbocycles. The number of carbonyl (C=O) groups excluding carboxylic acids is 1. The molecule has 1 aliphatic rings. The average Bonchev–Trinajstić information content (AvgIpc) is 3.05. The van der Waals surface area contributed by atoms with E-state index in [9.17, 15) is 4.79 Å². The maximum atomic E-state index is 12.3. The van der Waals surface area contributed by atoms with E-state index in [2.05, 4.69) is 22.1 Å². The summed E-state index contributed by atoms with van der Waals surface area (Å²) in [5.41, 5.74) is 7.20. The second-order valence-corrected chi connectivity index (χ2v) is 6.68. The van der Waals surface area contributed by atoms with Crippen LogP contribution in [0.25, 0.3) is 10.2 Å². The third kappa shape index (κ3) is 3.33. The summed E-state index contributed by atoms with van der Waals surface area (Å²) < 4.78 is 0.951. The topological polar surface area (TPSA) is 71.2 Å². The zero-order chi connectivity index (χ0) is 14.8. The van der Waals surface area contributed by atoms with Crippen molar-refractivity contribution in [3.8, 4) is 0 Å². The van der Waals surface area contributed by atoms with Gasteiger partial charge in [-0.15, -0.1) is 0 Å². The minimum atomic E-state index is -0.0319. The van der Waals surface area contributed by atoms with Crippen molar-refractivity contribution in [2.24, 2.45) is 0 Å². The van der Waals surface area contributed by atoms with Crippen molar-refractivity contribution in [2.75, 3.05) is 25.4 Å². The smallest absolute Gasteiger partial charge is 0.251 e. The van der Waals surface area contributed by atoms with Gasteiger partial charge >= 0.3 is 0 Å². The number of thiazole rings is 1. The standard InChI is InChI=1S/C15H20N4OS/c1-10(9-19-6-2-3-7-19)17-14(20)11-4-5-12-13(8-11)21-15(16)18-12/h4-5,8,10H,2-3,6-7,9H2,1H3,(H2,16,18)(H,17,20). The van der Waals surface area contributed by atoms with E-state index >= 15 is 0 Å². The monoisotopic (exact) mass is 304 g/mol. The second kappa shape index (κ2) is 5.99. The normalized spacial score (nSPS) is 17.2. The summed E-state index contributed by atoms with van der Waals surface area (Å²) in [6, 6.07) is 5.67. The van der Waals surface area contributed by atoms with Gasteiger partial charge in [0.05, 0.1) is 10.2 Å². The van der Waals surface area contributed by atoms with Crippen molar-refractivity contribution in [1.82, 2.24) is 15.2 Å². The molecule has 1 unspecified atom stereocenters. The number of amides is 1. The van der Waals surface area contributed by atoms with Gasteiger partial charge in [-0.05, 0) is 51.1 Å². The first-order valence-electron chi connectivity index (χ1n) is 7.31. The fourth-order valence-electron chi connectivity index (χ4n) is 2.79. The van der Waals surface area contributed by atoms with Crippen LogP contribution in [-0.4, -0.2) is 41.5 Å². The Morgan fingerprint density at radius 3 is 3.00 bits per heavy atom. The number of nitrogens with zero attached hydrogens (tertiary/aromatic N) is 2. The molecule has 2 aromatic rings. The molecule has 3 N–H and O–H groups in total. The maximum absolute atomic E-state index is 12.3. The number of hydrogen-bond acceptors (Lipinski definition) is 5. The zero-order valence-electron chi connectivity index (χ0n) is 12.1. The first-order valence-corrected chi connectivity index (χ1v) is 8.13. The van der Waals surface area contributed by atoms with Crippen LogP contribution in [-0.2, 0) is 0 Å². The molecule has 1 aromatic heterocycles. The summed E-state index contributed by atoms with van der Waals surface area (Å²) >= 11 is 1.41. The Bertz CT molecular complexity index is 648. The fourth-order valence-corrected chi connectivity index (χ4v) is 3.56. The Kier molecular flexibility index (Phi) is 4.07. The lowest BCUT2D eigenvalue weighted by Gasteiger charge is -2.21. The van der Waals surface area contributed by atoms with Gasteiger partial charge < -0.3 is 16.0 Å². The minimum Gasteiger partial charge on any atom is -0.375 e. The molecule has 0 aliphatic carbocycles. The molecule has 2 heterocycles. The number of hydrogen-bond donors (Lipinski definition) is 2. The summed E-state index contributed by atoms with van der Waals surface area (Å²) in [4.78, 5) is 18.9. The summed E-state index contributed by atoms with van der Waals surface area (Å²) in [5.74, 6) is -0.0319. The van der Waals surface area contributed by atoms with Crippen LogP contribution in [0.1, 0.15) is 30.1 Å². The van der Waals surface area contributed by atoms with Crippen LogP contribution in [0.4, 0.5) is 5.13 Å². The number of fused-ring (bicyclic) bond motifs is 1. The van der Waals surface area contributed by atoms with E-state index in [1.165, 1.54) is 24.2 Å². The van der Waals surface area contributed by atoms with Crippen molar-refractivity contribution in [3.63, 3.8) is 0 Å². The summed E-state index contributed by atoms with van der Waals surface area (Å²) in [7, 11) is 0. The zero-order valence-corrected chi connectivity index (χ0v) is 12.9. The fraction of sp³-hybridized carbons (Fsp3) is 0.467. The van der Waals surface area contributed by atoms with Gasteiger partial charge in [-0.25, -0.2) is 4.98 Å².